The predicted octanol–water partition coefficient (Wildman–Crippen LogP) is 4.30. The first-order valence-corrected chi connectivity index (χ1v) is 7.80. The van der Waals surface area contributed by atoms with Crippen molar-refractivity contribution in [3.8, 4) is 0 Å². The first-order chi connectivity index (χ1) is 10.6. The molecule has 0 bridgehead atoms. The van der Waals surface area contributed by atoms with E-state index in [-0.39, 0.29) is 0 Å². The van der Waals surface area contributed by atoms with Crippen LogP contribution < -0.4 is 4.90 Å². The monoisotopic (exact) mass is 293 g/mol. The molecular weight excluding hydrogens is 270 g/mol. The molecule has 0 amide bonds. The fourth-order valence-corrected chi connectivity index (χ4v) is 2.80. The van der Waals surface area contributed by atoms with Crippen LogP contribution in [0.25, 0.3) is 11.0 Å². The molecule has 0 fully saturated rings. The number of hydrogen-bond donors (Lipinski definition) is 0. The summed E-state index contributed by atoms with van der Waals surface area (Å²) < 4.78 is 2.19. The van der Waals surface area contributed by atoms with Crippen LogP contribution in [0, 0.1) is 6.92 Å². The Balaban J connectivity index is 1.96. The Labute approximate surface area is 132 Å². The lowest BCUT2D eigenvalue weighted by molar-refractivity contribution is 0.648. The summed E-state index contributed by atoms with van der Waals surface area (Å²) in [5.74, 6) is 1.09. The van der Waals surface area contributed by atoms with E-state index in [0.717, 1.165) is 17.9 Å². The number of benzene rings is 2. The zero-order valence-electron chi connectivity index (χ0n) is 13.7. The number of imidazole rings is 1. The van der Waals surface area contributed by atoms with E-state index in [1.165, 1.54) is 16.8 Å². The Morgan fingerprint density at radius 1 is 1.05 bits per heavy atom. The zero-order valence-corrected chi connectivity index (χ0v) is 13.7. The molecular formula is C19H23N3. The molecule has 1 heterocycles. The highest BCUT2D eigenvalue weighted by Crippen LogP contribution is 2.22. The fraction of sp³-hybridized carbons (Fsp3) is 0.316. The molecule has 22 heavy (non-hydrogen) atoms. The molecule has 3 aromatic rings. The van der Waals surface area contributed by atoms with E-state index >= 15 is 0 Å². The number of aromatic nitrogens is 2. The van der Waals surface area contributed by atoms with Gasteiger partial charge in [0, 0.05) is 18.8 Å². The summed E-state index contributed by atoms with van der Waals surface area (Å²) in [6, 6.07) is 17.4. The molecule has 0 saturated heterocycles. The van der Waals surface area contributed by atoms with Gasteiger partial charge in [-0.25, -0.2) is 4.98 Å². The molecule has 0 spiro atoms. The van der Waals surface area contributed by atoms with Gasteiger partial charge in [-0.05, 0) is 45.0 Å². The Morgan fingerprint density at radius 2 is 1.73 bits per heavy atom. The third kappa shape index (κ3) is 2.71. The SMILES string of the molecule is Cc1ccc(N(Cc2nc3ccccc3n2C)C(C)C)cc1. The lowest BCUT2D eigenvalue weighted by Crippen LogP contribution is -2.31. The van der Waals surface area contributed by atoms with E-state index in [9.17, 15) is 0 Å². The predicted molar refractivity (Wildman–Crippen MR) is 93.2 cm³/mol. The number of anilines is 1. The van der Waals surface area contributed by atoms with Gasteiger partial charge in [0.05, 0.1) is 17.6 Å². The van der Waals surface area contributed by atoms with Gasteiger partial charge in [-0.2, -0.15) is 0 Å². The Bertz CT molecular complexity index is 769. The first kappa shape index (κ1) is 14.6. The van der Waals surface area contributed by atoms with Crippen LogP contribution in [0.4, 0.5) is 5.69 Å². The largest absolute Gasteiger partial charge is 0.362 e. The average molecular weight is 293 g/mol. The second-order valence-electron chi connectivity index (χ2n) is 6.13. The van der Waals surface area contributed by atoms with Crippen molar-refractivity contribution in [2.24, 2.45) is 7.05 Å². The van der Waals surface area contributed by atoms with Crippen molar-refractivity contribution in [2.45, 2.75) is 33.4 Å². The van der Waals surface area contributed by atoms with E-state index in [4.69, 9.17) is 4.98 Å². The maximum atomic E-state index is 4.80. The Hall–Kier alpha value is -2.29. The molecule has 0 N–H and O–H groups in total. The number of para-hydroxylation sites is 2. The van der Waals surface area contributed by atoms with Crippen molar-refractivity contribution >= 4 is 16.7 Å². The van der Waals surface area contributed by atoms with E-state index < -0.39 is 0 Å². The highest BCUT2D eigenvalue weighted by Gasteiger charge is 2.15. The molecule has 0 atom stereocenters. The van der Waals surface area contributed by atoms with Crippen LogP contribution in [-0.2, 0) is 13.6 Å². The van der Waals surface area contributed by atoms with Crippen LogP contribution in [0.1, 0.15) is 25.2 Å². The highest BCUT2D eigenvalue weighted by molar-refractivity contribution is 5.75. The van der Waals surface area contributed by atoms with Crippen molar-refractivity contribution in [1.29, 1.82) is 0 Å². The molecule has 0 unspecified atom stereocenters. The van der Waals surface area contributed by atoms with Crippen LogP contribution >= 0.6 is 0 Å². The standard InChI is InChI=1S/C19H23N3/c1-14(2)22(16-11-9-15(3)10-12-16)13-19-20-17-7-5-6-8-18(17)21(19)4/h5-12,14H,13H2,1-4H3. The molecule has 2 aromatic carbocycles. The molecule has 0 radical (unpaired) electrons. The minimum atomic E-state index is 0.419. The summed E-state index contributed by atoms with van der Waals surface area (Å²) in [4.78, 5) is 7.19. The van der Waals surface area contributed by atoms with Crippen LogP contribution in [0.5, 0.6) is 0 Å². The van der Waals surface area contributed by atoms with Crippen LogP contribution in [0.15, 0.2) is 48.5 Å². The van der Waals surface area contributed by atoms with Gasteiger partial charge in [0.1, 0.15) is 5.82 Å². The number of rotatable bonds is 4. The molecule has 0 aliphatic rings. The Kier molecular flexibility index (Phi) is 3.88. The summed E-state index contributed by atoms with van der Waals surface area (Å²) in [5.41, 5.74) is 4.78. The molecule has 3 heteroatoms. The first-order valence-electron chi connectivity index (χ1n) is 7.80. The fourth-order valence-electron chi connectivity index (χ4n) is 2.80. The number of hydrogen-bond acceptors (Lipinski definition) is 2. The maximum Gasteiger partial charge on any atom is 0.129 e. The normalized spacial score (nSPS) is 11.3. The molecule has 0 saturated carbocycles. The van der Waals surface area contributed by atoms with E-state index in [1.807, 2.05) is 6.07 Å². The van der Waals surface area contributed by atoms with Crippen LogP contribution in [0.3, 0.4) is 0 Å². The lowest BCUT2D eigenvalue weighted by Gasteiger charge is -2.28. The van der Waals surface area contributed by atoms with Crippen molar-refractivity contribution < 1.29 is 0 Å². The van der Waals surface area contributed by atoms with Gasteiger partial charge in [0.25, 0.3) is 0 Å². The topological polar surface area (TPSA) is 21.1 Å². The number of aryl methyl sites for hydroxylation is 2. The van der Waals surface area contributed by atoms with Gasteiger partial charge in [-0.3, -0.25) is 0 Å². The second kappa shape index (κ2) is 5.84. The minimum Gasteiger partial charge on any atom is -0.362 e. The quantitative estimate of drug-likeness (QED) is 0.715. The van der Waals surface area contributed by atoms with E-state index in [2.05, 4.69) is 79.8 Å². The third-order valence-corrected chi connectivity index (χ3v) is 4.18. The number of nitrogens with zero attached hydrogens (tertiary/aromatic N) is 3. The van der Waals surface area contributed by atoms with Crippen molar-refractivity contribution in [3.05, 3.63) is 59.9 Å². The van der Waals surface area contributed by atoms with Gasteiger partial charge >= 0.3 is 0 Å². The van der Waals surface area contributed by atoms with Gasteiger partial charge in [-0.1, -0.05) is 29.8 Å². The van der Waals surface area contributed by atoms with Gasteiger partial charge in [-0.15, -0.1) is 0 Å². The number of fused-ring (bicyclic) bond motifs is 1. The maximum absolute atomic E-state index is 4.80. The minimum absolute atomic E-state index is 0.419. The Morgan fingerprint density at radius 3 is 2.36 bits per heavy atom. The van der Waals surface area contributed by atoms with Gasteiger partial charge < -0.3 is 9.47 Å². The molecule has 0 aliphatic carbocycles. The third-order valence-electron chi connectivity index (χ3n) is 4.18. The van der Waals surface area contributed by atoms with Crippen molar-refractivity contribution in [1.82, 2.24) is 9.55 Å². The summed E-state index contributed by atoms with van der Waals surface area (Å²) in [6.45, 7) is 7.38. The second-order valence-corrected chi connectivity index (χ2v) is 6.13. The summed E-state index contributed by atoms with van der Waals surface area (Å²) >= 11 is 0. The summed E-state index contributed by atoms with van der Waals surface area (Å²) in [7, 11) is 2.10. The smallest absolute Gasteiger partial charge is 0.129 e. The van der Waals surface area contributed by atoms with Crippen molar-refractivity contribution in [2.75, 3.05) is 4.90 Å². The molecule has 3 nitrogen and oxygen atoms in total. The molecule has 114 valence electrons. The van der Waals surface area contributed by atoms with Crippen LogP contribution in [-0.4, -0.2) is 15.6 Å². The summed E-state index contributed by atoms with van der Waals surface area (Å²) in [5, 5.41) is 0. The van der Waals surface area contributed by atoms with E-state index in [1.54, 1.807) is 0 Å². The average Bonchev–Trinajstić information content (AvgIpc) is 2.82. The van der Waals surface area contributed by atoms with E-state index in [0.29, 0.717) is 6.04 Å². The highest BCUT2D eigenvalue weighted by atomic mass is 15.2. The van der Waals surface area contributed by atoms with Crippen LogP contribution in [0.2, 0.25) is 0 Å². The van der Waals surface area contributed by atoms with Gasteiger partial charge in [0.15, 0.2) is 0 Å². The van der Waals surface area contributed by atoms with Gasteiger partial charge in [0.2, 0.25) is 0 Å². The molecule has 3 rings (SSSR count). The summed E-state index contributed by atoms with van der Waals surface area (Å²) in [6.07, 6.45) is 0. The molecule has 1 aromatic heterocycles. The lowest BCUT2D eigenvalue weighted by atomic mass is 10.2. The zero-order chi connectivity index (χ0) is 15.7. The van der Waals surface area contributed by atoms with Crippen molar-refractivity contribution in [3.63, 3.8) is 0 Å². The molecule has 0 aliphatic heterocycles.